The Bertz CT molecular complexity index is 396. The molecule has 0 saturated heterocycles. The average molecular weight is 268 g/mol. The van der Waals surface area contributed by atoms with Crippen molar-refractivity contribution in [2.75, 3.05) is 5.75 Å². The van der Waals surface area contributed by atoms with Crippen LogP contribution in [0.2, 0.25) is 0 Å². The molecule has 0 fully saturated rings. The van der Waals surface area contributed by atoms with Crippen molar-refractivity contribution in [2.45, 2.75) is 38.7 Å². The van der Waals surface area contributed by atoms with Gasteiger partial charge in [-0.3, -0.25) is 4.79 Å². The third-order valence-electron chi connectivity index (χ3n) is 2.37. The number of carboxylic acids is 1. The molecule has 3 nitrogen and oxygen atoms in total. The minimum Gasteiger partial charge on any atom is -0.491 e. The third kappa shape index (κ3) is 4.61. The van der Waals surface area contributed by atoms with Crippen LogP contribution >= 0.6 is 11.8 Å². The third-order valence-corrected chi connectivity index (χ3v) is 3.85. The molecule has 1 N–H and O–H groups in total. The van der Waals surface area contributed by atoms with Crippen LogP contribution in [0.3, 0.4) is 0 Å². The monoisotopic (exact) mass is 268 g/mol. The first-order valence-electron chi connectivity index (χ1n) is 5.94. The van der Waals surface area contributed by atoms with E-state index in [0.29, 0.717) is 5.75 Å². The van der Waals surface area contributed by atoms with E-state index >= 15 is 0 Å². The number of carbonyl (C=O) groups is 1. The van der Waals surface area contributed by atoms with Crippen molar-refractivity contribution in [2.24, 2.45) is 5.41 Å². The summed E-state index contributed by atoms with van der Waals surface area (Å²) in [5.41, 5.74) is -0.711. The fourth-order valence-electron chi connectivity index (χ4n) is 1.21. The van der Waals surface area contributed by atoms with Gasteiger partial charge in [-0.05, 0) is 52.0 Å². The topological polar surface area (TPSA) is 46.5 Å². The van der Waals surface area contributed by atoms with Gasteiger partial charge in [-0.15, -0.1) is 11.8 Å². The second-order valence-corrected chi connectivity index (χ2v) is 6.16. The Kier molecular flexibility index (Phi) is 5.08. The molecule has 0 saturated carbocycles. The molecule has 0 bridgehead atoms. The predicted octanol–water partition coefficient (Wildman–Crippen LogP) is 3.68. The van der Waals surface area contributed by atoms with Gasteiger partial charge in [-0.1, -0.05) is 0 Å². The highest BCUT2D eigenvalue weighted by Gasteiger charge is 2.26. The zero-order valence-electron chi connectivity index (χ0n) is 11.3. The van der Waals surface area contributed by atoms with Crippen LogP contribution in [-0.2, 0) is 4.79 Å². The molecule has 0 aliphatic carbocycles. The lowest BCUT2D eigenvalue weighted by Gasteiger charge is -2.18. The Morgan fingerprint density at radius 2 is 1.89 bits per heavy atom. The molecule has 0 atom stereocenters. The van der Waals surface area contributed by atoms with Gasteiger partial charge in [0, 0.05) is 10.6 Å². The standard InChI is InChI=1S/C14H20O3S/c1-10(2)17-11-5-7-12(8-6-11)18-9-14(3,4)13(15)16/h5-8,10H,9H2,1-4H3,(H,15,16). The number of aliphatic carboxylic acids is 1. The fraction of sp³-hybridized carbons (Fsp3) is 0.500. The Labute approximate surface area is 113 Å². The number of benzene rings is 1. The van der Waals surface area contributed by atoms with Crippen molar-refractivity contribution in [3.63, 3.8) is 0 Å². The summed E-state index contributed by atoms with van der Waals surface area (Å²) in [6.45, 7) is 7.44. The smallest absolute Gasteiger partial charge is 0.309 e. The quantitative estimate of drug-likeness (QED) is 0.799. The molecule has 0 aliphatic heterocycles. The SMILES string of the molecule is CC(C)Oc1ccc(SCC(C)(C)C(=O)O)cc1. The van der Waals surface area contributed by atoms with E-state index < -0.39 is 11.4 Å². The molecule has 0 radical (unpaired) electrons. The minimum absolute atomic E-state index is 0.162. The summed E-state index contributed by atoms with van der Waals surface area (Å²) in [7, 11) is 0. The summed E-state index contributed by atoms with van der Waals surface area (Å²) in [5, 5.41) is 9.03. The van der Waals surface area contributed by atoms with E-state index in [-0.39, 0.29) is 6.10 Å². The van der Waals surface area contributed by atoms with Crippen molar-refractivity contribution in [3.05, 3.63) is 24.3 Å². The van der Waals surface area contributed by atoms with E-state index in [1.165, 1.54) is 0 Å². The normalized spacial score (nSPS) is 11.6. The number of thioether (sulfide) groups is 1. The van der Waals surface area contributed by atoms with Gasteiger partial charge < -0.3 is 9.84 Å². The second kappa shape index (κ2) is 6.14. The highest BCUT2D eigenvalue weighted by molar-refractivity contribution is 7.99. The summed E-state index contributed by atoms with van der Waals surface area (Å²) in [6.07, 6.45) is 0.162. The number of rotatable bonds is 6. The van der Waals surface area contributed by atoms with Crippen molar-refractivity contribution in [1.29, 1.82) is 0 Å². The molecule has 1 aromatic carbocycles. The van der Waals surface area contributed by atoms with Crippen LogP contribution in [0.5, 0.6) is 5.75 Å². The van der Waals surface area contributed by atoms with E-state index in [2.05, 4.69) is 0 Å². The Hall–Kier alpha value is -1.16. The Balaban J connectivity index is 2.57. The van der Waals surface area contributed by atoms with E-state index in [0.717, 1.165) is 10.6 Å². The number of hydrogen-bond acceptors (Lipinski definition) is 3. The van der Waals surface area contributed by atoms with E-state index in [9.17, 15) is 4.79 Å². The zero-order valence-corrected chi connectivity index (χ0v) is 12.1. The zero-order chi connectivity index (χ0) is 13.8. The average Bonchev–Trinajstić information content (AvgIpc) is 2.27. The molecular formula is C14H20O3S. The summed E-state index contributed by atoms with van der Waals surface area (Å²) >= 11 is 1.55. The molecule has 0 aromatic heterocycles. The van der Waals surface area contributed by atoms with Crippen molar-refractivity contribution < 1.29 is 14.6 Å². The van der Waals surface area contributed by atoms with Crippen molar-refractivity contribution in [3.8, 4) is 5.75 Å². The highest BCUT2D eigenvalue weighted by atomic mass is 32.2. The van der Waals surface area contributed by atoms with Gasteiger partial charge in [-0.2, -0.15) is 0 Å². The summed E-state index contributed by atoms with van der Waals surface area (Å²) < 4.78 is 5.55. The van der Waals surface area contributed by atoms with Gasteiger partial charge in [0.25, 0.3) is 0 Å². The van der Waals surface area contributed by atoms with Gasteiger partial charge in [-0.25, -0.2) is 0 Å². The largest absolute Gasteiger partial charge is 0.491 e. The molecule has 0 aliphatic rings. The predicted molar refractivity (Wildman–Crippen MR) is 74.3 cm³/mol. The maximum Gasteiger partial charge on any atom is 0.309 e. The summed E-state index contributed by atoms with van der Waals surface area (Å²) in [5.74, 6) is 0.619. The van der Waals surface area contributed by atoms with Crippen LogP contribution < -0.4 is 4.74 Å². The van der Waals surface area contributed by atoms with E-state index in [1.807, 2.05) is 38.1 Å². The lowest BCUT2D eigenvalue weighted by Crippen LogP contribution is -2.26. The lowest BCUT2D eigenvalue weighted by molar-refractivity contribution is -0.145. The number of carboxylic acid groups (broad SMARTS) is 1. The molecule has 18 heavy (non-hydrogen) atoms. The van der Waals surface area contributed by atoms with Crippen LogP contribution in [0.15, 0.2) is 29.2 Å². The van der Waals surface area contributed by atoms with E-state index in [1.54, 1.807) is 25.6 Å². The van der Waals surface area contributed by atoms with Crippen LogP contribution in [-0.4, -0.2) is 22.9 Å². The summed E-state index contributed by atoms with van der Waals surface area (Å²) in [4.78, 5) is 12.0. The van der Waals surface area contributed by atoms with Gasteiger partial charge in [0.2, 0.25) is 0 Å². The number of hydrogen-bond donors (Lipinski definition) is 1. The maximum atomic E-state index is 11.0. The fourth-order valence-corrected chi connectivity index (χ4v) is 2.19. The first kappa shape index (κ1) is 14.9. The van der Waals surface area contributed by atoms with Gasteiger partial charge >= 0.3 is 5.97 Å². The van der Waals surface area contributed by atoms with Crippen LogP contribution in [0, 0.1) is 5.41 Å². The van der Waals surface area contributed by atoms with Crippen LogP contribution in [0.4, 0.5) is 0 Å². The minimum atomic E-state index is -0.769. The van der Waals surface area contributed by atoms with E-state index in [4.69, 9.17) is 9.84 Å². The molecule has 0 spiro atoms. The highest BCUT2D eigenvalue weighted by Crippen LogP contribution is 2.29. The Morgan fingerprint density at radius 3 is 2.33 bits per heavy atom. The van der Waals surface area contributed by atoms with Gasteiger partial charge in [0.05, 0.1) is 11.5 Å². The van der Waals surface area contributed by atoms with Crippen LogP contribution in [0.1, 0.15) is 27.7 Å². The maximum absolute atomic E-state index is 11.0. The molecule has 0 heterocycles. The number of ether oxygens (including phenoxy) is 1. The van der Waals surface area contributed by atoms with Crippen molar-refractivity contribution in [1.82, 2.24) is 0 Å². The van der Waals surface area contributed by atoms with Crippen LogP contribution in [0.25, 0.3) is 0 Å². The Morgan fingerprint density at radius 1 is 1.33 bits per heavy atom. The molecule has 0 amide bonds. The second-order valence-electron chi connectivity index (χ2n) is 5.12. The molecule has 100 valence electrons. The first-order chi connectivity index (χ1) is 8.31. The molecule has 1 rings (SSSR count). The molecule has 1 aromatic rings. The summed E-state index contributed by atoms with van der Waals surface area (Å²) in [6, 6.07) is 7.74. The first-order valence-corrected chi connectivity index (χ1v) is 6.93. The molecule has 0 unspecified atom stereocenters. The van der Waals surface area contributed by atoms with Crippen molar-refractivity contribution >= 4 is 17.7 Å². The molecular weight excluding hydrogens is 248 g/mol. The van der Waals surface area contributed by atoms with Gasteiger partial charge in [0.1, 0.15) is 5.75 Å². The lowest BCUT2D eigenvalue weighted by atomic mass is 9.97. The van der Waals surface area contributed by atoms with Gasteiger partial charge in [0.15, 0.2) is 0 Å². The molecule has 4 heteroatoms.